The summed E-state index contributed by atoms with van der Waals surface area (Å²) in [6, 6.07) is 37.4. The number of rotatable bonds is 4. The maximum Gasteiger partial charge on any atom is 0.144 e. The van der Waals surface area contributed by atoms with Crippen LogP contribution in [0.25, 0.3) is 72.3 Å². The van der Waals surface area contributed by atoms with Crippen molar-refractivity contribution in [2.24, 2.45) is 0 Å². The molecule has 188 valence electrons. The summed E-state index contributed by atoms with van der Waals surface area (Å²) in [5.41, 5.74) is 8.09. The van der Waals surface area contributed by atoms with Crippen molar-refractivity contribution in [1.82, 2.24) is 19.5 Å². The van der Waals surface area contributed by atoms with Gasteiger partial charge in [0.25, 0.3) is 0 Å². The maximum atomic E-state index is 6.56. The number of furan rings is 1. The number of hydrogen-bond donors (Lipinski definition) is 0. The highest BCUT2D eigenvalue weighted by Crippen LogP contribution is 2.40. The van der Waals surface area contributed by atoms with E-state index in [2.05, 4.69) is 81.3 Å². The van der Waals surface area contributed by atoms with Crippen LogP contribution in [0.1, 0.15) is 0 Å². The van der Waals surface area contributed by atoms with Gasteiger partial charge >= 0.3 is 0 Å². The van der Waals surface area contributed by atoms with Crippen molar-refractivity contribution in [2.75, 3.05) is 0 Å². The van der Waals surface area contributed by atoms with Crippen LogP contribution in [-0.4, -0.2) is 19.5 Å². The summed E-state index contributed by atoms with van der Waals surface area (Å²) >= 11 is 0. The summed E-state index contributed by atoms with van der Waals surface area (Å²) < 4.78 is 8.80. The van der Waals surface area contributed by atoms with Crippen molar-refractivity contribution in [2.45, 2.75) is 0 Å². The van der Waals surface area contributed by atoms with E-state index < -0.39 is 0 Å². The first-order valence-corrected chi connectivity index (χ1v) is 13.2. The number of fused-ring (bicyclic) bond motifs is 5. The Morgan fingerprint density at radius 3 is 2.08 bits per heavy atom. The first-order valence-electron chi connectivity index (χ1n) is 13.2. The van der Waals surface area contributed by atoms with Crippen molar-refractivity contribution < 1.29 is 4.42 Å². The van der Waals surface area contributed by atoms with E-state index >= 15 is 0 Å². The van der Waals surface area contributed by atoms with E-state index in [1.165, 1.54) is 0 Å². The molecule has 0 atom stereocenters. The molecule has 0 amide bonds. The lowest BCUT2D eigenvalue weighted by Gasteiger charge is -2.12. The van der Waals surface area contributed by atoms with Crippen LogP contribution in [0, 0.1) is 0 Å². The fraction of sp³-hybridized carbons (Fsp3) is 0. The van der Waals surface area contributed by atoms with Gasteiger partial charge in [-0.3, -0.25) is 14.5 Å². The van der Waals surface area contributed by atoms with E-state index in [0.29, 0.717) is 0 Å². The molecule has 8 aromatic rings. The second kappa shape index (κ2) is 9.03. The van der Waals surface area contributed by atoms with Crippen LogP contribution >= 0.6 is 0 Å². The van der Waals surface area contributed by atoms with Gasteiger partial charge in [-0.1, -0.05) is 48.5 Å². The average molecular weight is 515 g/mol. The van der Waals surface area contributed by atoms with Gasteiger partial charge in [0.1, 0.15) is 17.2 Å². The van der Waals surface area contributed by atoms with E-state index in [0.717, 1.165) is 72.3 Å². The molecule has 0 aliphatic rings. The molecular formula is C35H22N4O. The minimum Gasteiger partial charge on any atom is -0.455 e. The molecule has 0 aliphatic carbocycles. The van der Waals surface area contributed by atoms with Gasteiger partial charge < -0.3 is 4.42 Å². The Bertz CT molecular complexity index is 2090. The molecule has 5 aromatic heterocycles. The van der Waals surface area contributed by atoms with Gasteiger partial charge in [0.15, 0.2) is 0 Å². The highest BCUT2D eigenvalue weighted by molar-refractivity contribution is 6.20. The number of pyridine rings is 3. The lowest BCUT2D eigenvalue weighted by Crippen LogP contribution is -2.00. The third kappa shape index (κ3) is 3.60. The predicted molar refractivity (Wildman–Crippen MR) is 160 cm³/mol. The van der Waals surface area contributed by atoms with Crippen molar-refractivity contribution in [1.29, 1.82) is 0 Å². The molecular weight excluding hydrogens is 492 g/mol. The molecule has 40 heavy (non-hydrogen) atoms. The van der Waals surface area contributed by atoms with Gasteiger partial charge in [0, 0.05) is 46.7 Å². The Balaban J connectivity index is 1.43. The third-order valence-corrected chi connectivity index (χ3v) is 7.41. The minimum atomic E-state index is 0.835. The van der Waals surface area contributed by atoms with Crippen molar-refractivity contribution >= 4 is 32.8 Å². The quantitative estimate of drug-likeness (QED) is 0.236. The molecule has 0 N–H and O–H groups in total. The largest absolute Gasteiger partial charge is 0.455 e. The minimum absolute atomic E-state index is 0.835. The molecule has 0 spiro atoms. The van der Waals surface area contributed by atoms with Gasteiger partial charge in [-0.2, -0.15) is 0 Å². The topological polar surface area (TPSA) is 56.7 Å². The Hall–Kier alpha value is -5.55. The van der Waals surface area contributed by atoms with Crippen LogP contribution in [0.15, 0.2) is 138 Å². The Morgan fingerprint density at radius 1 is 0.550 bits per heavy atom. The molecule has 5 nitrogen and oxygen atoms in total. The van der Waals surface area contributed by atoms with E-state index in [9.17, 15) is 0 Å². The second-order valence-corrected chi connectivity index (χ2v) is 9.78. The van der Waals surface area contributed by atoms with Crippen LogP contribution in [-0.2, 0) is 0 Å². The van der Waals surface area contributed by atoms with Crippen molar-refractivity contribution in [3.63, 3.8) is 0 Å². The van der Waals surface area contributed by atoms with Crippen LogP contribution in [0.5, 0.6) is 0 Å². The molecule has 0 saturated heterocycles. The Morgan fingerprint density at radius 2 is 1.27 bits per heavy atom. The van der Waals surface area contributed by atoms with Crippen molar-refractivity contribution in [3.05, 3.63) is 134 Å². The van der Waals surface area contributed by atoms with E-state index in [1.54, 1.807) is 12.4 Å². The first-order chi connectivity index (χ1) is 19.8. The Kier molecular flexibility index (Phi) is 5.07. The zero-order valence-electron chi connectivity index (χ0n) is 21.4. The number of nitrogens with zero attached hydrogens (tertiary/aromatic N) is 4. The molecule has 3 aromatic carbocycles. The van der Waals surface area contributed by atoms with Crippen LogP contribution in [0.2, 0.25) is 0 Å². The molecule has 5 heterocycles. The SMILES string of the molecule is c1ccc(-c2cc3ccc4c(c5ccccc5n4-c4cc(-c5ccncc5)cc(-c5ccncc5)n4)c3o2)cc1. The van der Waals surface area contributed by atoms with Gasteiger partial charge in [-0.25, -0.2) is 4.98 Å². The molecule has 8 rings (SSSR count). The number of benzene rings is 3. The summed E-state index contributed by atoms with van der Waals surface area (Å²) in [4.78, 5) is 13.6. The van der Waals surface area contributed by atoms with E-state index in [1.807, 2.05) is 54.9 Å². The van der Waals surface area contributed by atoms with E-state index in [4.69, 9.17) is 9.40 Å². The number of aromatic nitrogens is 4. The first kappa shape index (κ1) is 22.4. The monoisotopic (exact) mass is 514 g/mol. The number of hydrogen-bond acceptors (Lipinski definition) is 4. The maximum absolute atomic E-state index is 6.56. The standard InChI is InChI=1S/C35H22N4O/c1-2-6-25(7-3-1)32-21-26-10-11-31-34(35(26)40-32)28-8-4-5-9-30(28)39(31)33-22-27(23-12-16-36-17-13-23)20-29(38-33)24-14-18-37-19-15-24/h1-22H. The molecule has 0 radical (unpaired) electrons. The van der Waals surface area contributed by atoms with E-state index in [-0.39, 0.29) is 0 Å². The molecule has 0 aliphatic heterocycles. The highest BCUT2D eigenvalue weighted by atomic mass is 16.3. The van der Waals surface area contributed by atoms with Gasteiger partial charge in [-0.15, -0.1) is 0 Å². The molecule has 0 unspecified atom stereocenters. The highest BCUT2D eigenvalue weighted by Gasteiger charge is 2.19. The zero-order chi connectivity index (χ0) is 26.5. The average Bonchev–Trinajstić information content (AvgIpc) is 3.62. The molecule has 0 fully saturated rings. The third-order valence-electron chi connectivity index (χ3n) is 7.41. The summed E-state index contributed by atoms with van der Waals surface area (Å²) in [6.07, 6.45) is 7.24. The summed E-state index contributed by atoms with van der Waals surface area (Å²) in [5, 5.41) is 3.28. The summed E-state index contributed by atoms with van der Waals surface area (Å²) in [7, 11) is 0. The second-order valence-electron chi connectivity index (χ2n) is 9.78. The molecule has 0 bridgehead atoms. The van der Waals surface area contributed by atoms with Gasteiger partial charge in [0.05, 0.1) is 22.1 Å². The molecule has 5 heteroatoms. The lowest BCUT2D eigenvalue weighted by atomic mass is 10.0. The van der Waals surface area contributed by atoms with Crippen LogP contribution in [0.4, 0.5) is 0 Å². The van der Waals surface area contributed by atoms with Gasteiger partial charge in [-0.05, 0) is 71.8 Å². The normalized spacial score (nSPS) is 11.5. The molecule has 0 saturated carbocycles. The zero-order valence-corrected chi connectivity index (χ0v) is 21.4. The fourth-order valence-electron chi connectivity index (χ4n) is 5.55. The summed E-state index contributed by atoms with van der Waals surface area (Å²) in [5.74, 6) is 1.69. The van der Waals surface area contributed by atoms with Gasteiger partial charge in [0.2, 0.25) is 0 Å². The smallest absolute Gasteiger partial charge is 0.144 e. The number of para-hydroxylation sites is 1. The summed E-state index contributed by atoms with van der Waals surface area (Å²) in [6.45, 7) is 0. The fourth-order valence-corrected chi connectivity index (χ4v) is 5.55. The Labute approximate surface area is 230 Å². The van der Waals surface area contributed by atoms with Crippen molar-refractivity contribution in [3.8, 4) is 39.5 Å². The van der Waals surface area contributed by atoms with Crippen LogP contribution in [0.3, 0.4) is 0 Å². The van der Waals surface area contributed by atoms with Crippen LogP contribution < -0.4 is 0 Å². The lowest BCUT2D eigenvalue weighted by molar-refractivity contribution is 0.635. The predicted octanol–water partition coefficient (Wildman–Crippen LogP) is 8.72.